The minimum atomic E-state index is -0.367. The topological polar surface area (TPSA) is 49.8 Å². The second kappa shape index (κ2) is 10.1. The van der Waals surface area contributed by atoms with E-state index in [-0.39, 0.29) is 18.3 Å². The van der Waals surface area contributed by atoms with E-state index in [1.54, 1.807) is 11.8 Å². The Hall–Kier alpha value is -0.770. The van der Waals surface area contributed by atoms with Crippen LogP contribution in [0.4, 0.5) is 4.79 Å². The lowest BCUT2D eigenvalue weighted by Crippen LogP contribution is -2.39. The molecule has 0 radical (unpaired) electrons. The van der Waals surface area contributed by atoms with Crippen molar-refractivity contribution in [2.24, 2.45) is 0 Å². The van der Waals surface area contributed by atoms with E-state index in [1.807, 2.05) is 20.8 Å². The summed E-state index contributed by atoms with van der Waals surface area (Å²) in [6.07, 6.45) is 7.80. The number of amides is 1. The van der Waals surface area contributed by atoms with E-state index in [0.29, 0.717) is 0 Å². The second-order valence-corrected chi connectivity index (χ2v) is 5.90. The van der Waals surface area contributed by atoms with Gasteiger partial charge < -0.3 is 14.7 Å². The molecule has 2 aliphatic rings. The number of aliphatic hydroxyl groups excluding tert-OH is 1. The standard InChI is InChI=1S/C10H19NO2.C3H6.C2H6O/c1-10(2,3)13-9(12)11-7-5-4-6-8-11;1-2-3-1;1-2-3/h4-8H2,1-3H3;1-3H2;3H,2H2,1H3. The van der Waals surface area contributed by atoms with Gasteiger partial charge in [0.05, 0.1) is 0 Å². The van der Waals surface area contributed by atoms with Crippen LogP contribution in [0.3, 0.4) is 0 Å². The lowest BCUT2D eigenvalue weighted by atomic mass is 10.1. The average molecular weight is 273 g/mol. The van der Waals surface area contributed by atoms with Crippen LogP contribution in [-0.4, -0.2) is 41.4 Å². The smallest absolute Gasteiger partial charge is 0.410 e. The molecule has 0 spiro atoms. The minimum Gasteiger partial charge on any atom is -0.444 e. The maximum Gasteiger partial charge on any atom is 0.410 e. The van der Waals surface area contributed by atoms with E-state index in [9.17, 15) is 4.79 Å². The molecule has 114 valence electrons. The quantitative estimate of drug-likeness (QED) is 0.734. The first kappa shape index (κ1) is 18.2. The molecule has 1 heterocycles. The zero-order valence-electron chi connectivity index (χ0n) is 13.1. The molecule has 1 saturated heterocycles. The molecule has 4 heteroatoms. The van der Waals surface area contributed by atoms with Gasteiger partial charge in [0.15, 0.2) is 0 Å². The van der Waals surface area contributed by atoms with Crippen LogP contribution in [0.25, 0.3) is 0 Å². The molecule has 1 amide bonds. The van der Waals surface area contributed by atoms with Crippen molar-refractivity contribution >= 4 is 6.09 Å². The van der Waals surface area contributed by atoms with Crippen LogP contribution in [0.2, 0.25) is 0 Å². The number of carbonyl (C=O) groups is 1. The Morgan fingerprint density at radius 3 is 1.74 bits per heavy atom. The van der Waals surface area contributed by atoms with E-state index in [2.05, 4.69) is 0 Å². The van der Waals surface area contributed by atoms with Crippen LogP contribution in [0, 0.1) is 0 Å². The number of ether oxygens (including phenoxy) is 1. The van der Waals surface area contributed by atoms with Crippen molar-refractivity contribution in [3.8, 4) is 0 Å². The summed E-state index contributed by atoms with van der Waals surface area (Å²) in [4.78, 5) is 13.3. The number of aliphatic hydroxyl groups is 1. The Kier molecular flexibility index (Phi) is 9.66. The van der Waals surface area contributed by atoms with Gasteiger partial charge in [-0.25, -0.2) is 4.79 Å². The van der Waals surface area contributed by atoms with Crippen LogP contribution in [-0.2, 0) is 4.74 Å². The fourth-order valence-electron chi connectivity index (χ4n) is 1.40. The van der Waals surface area contributed by atoms with Crippen molar-refractivity contribution in [2.75, 3.05) is 19.7 Å². The highest BCUT2D eigenvalue weighted by Crippen LogP contribution is 2.15. The number of piperidine rings is 1. The number of hydrogen-bond donors (Lipinski definition) is 1. The number of carbonyl (C=O) groups excluding carboxylic acids is 1. The van der Waals surface area contributed by atoms with Gasteiger partial charge in [-0.3, -0.25) is 0 Å². The lowest BCUT2D eigenvalue weighted by Gasteiger charge is -2.29. The summed E-state index contributed by atoms with van der Waals surface area (Å²) in [6.45, 7) is 9.34. The SMILES string of the molecule is C1CC1.CC(C)(C)OC(=O)N1CCCCC1.CCO. The monoisotopic (exact) mass is 273 g/mol. The lowest BCUT2D eigenvalue weighted by molar-refractivity contribution is 0.0216. The Labute approximate surface area is 118 Å². The van der Waals surface area contributed by atoms with Crippen LogP contribution >= 0.6 is 0 Å². The molecule has 19 heavy (non-hydrogen) atoms. The van der Waals surface area contributed by atoms with E-state index >= 15 is 0 Å². The molecule has 0 atom stereocenters. The zero-order valence-corrected chi connectivity index (χ0v) is 13.1. The molecule has 0 unspecified atom stereocenters. The Bertz CT molecular complexity index is 225. The van der Waals surface area contributed by atoms with Crippen molar-refractivity contribution in [1.29, 1.82) is 0 Å². The second-order valence-electron chi connectivity index (χ2n) is 5.90. The van der Waals surface area contributed by atoms with Gasteiger partial charge in [0, 0.05) is 19.7 Å². The summed E-state index contributed by atoms with van der Waals surface area (Å²) in [6, 6.07) is 0. The average Bonchev–Trinajstić information content (AvgIpc) is 3.16. The first-order chi connectivity index (χ1) is 8.90. The van der Waals surface area contributed by atoms with E-state index < -0.39 is 0 Å². The zero-order chi connectivity index (χ0) is 14.7. The molecule has 1 aliphatic heterocycles. The molecule has 2 rings (SSSR count). The van der Waals surface area contributed by atoms with Gasteiger partial charge in [0.25, 0.3) is 0 Å². The van der Waals surface area contributed by atoms with Gasteiger partial charge >= 0.3 is 6.09 Å². The third-order valence-corrected chi connectivity index (χ3v) is 2.36. The van der Waals surface area contributed by atoms with Crippen molar-refractivity contribution in [2.45, 2.75) is 71.8 Å². The number of rotatable bonds is 0. The Balaban J connectivity index is 0.000000446. The molecule has 0 aromatic rings. The fraction of sp³-hybridized carbons (Fsp3) is 0.933. The van der Waals surface area contributed by atoms with Crippen LogP contribution in [0.1, 0.15) is 66.2 Å². The van der Waals surface area contributed by atoms with Gasteiger partial charge in [-0.05, 0) is 47.0 Å². The summed E-state index contributed by atoms with van der Waals surface area (Å²) in [7, 11) is 0. The number of likely N-dealkylation sites (tertiary alicyclic amines) is 1. The highest BCUT2D eigenvalue weighted by Gasteiger charge is 2.22. The molecule has 0 aromatic heterocycles. The van der Waals surface area contributed by atoms with Crippen LogP contribution in [0.15, 0.2) is 0 Å². The van der Waals surface area contributed by atoms with Crippen molar-refractivity contribution in [3.63, 3.8) is 0 Å². The molecule has 1 aliphatic carbocycles. The minimum absolute atomic E-state index is 0.160. The maximum absolute atomic E-state index is 11.5. The van der Waals surface area contributed by atoms with Gasteiger partial charge in [0.1, 0.15) is 5.60 Å². The summed E-state index contributed by atoms with van der Waals surface area (Å²) < 4.78 is 5.26. The van der Waals surface area contributed by atoms with E-state index in [1.165, 1.54) is 25.7 Å². The largest absolute Gasteiger partial charge is 0.444 e. The Morgan fingerprint density at radius 1 is 1.05 bits per heavy atom. The van der Waals surface area contributed by atoms with Gasteiger partial charge in [-0.1, -0.05) is 19.3 Å². The number of nitrogens with zero attached hydrogens (tertiary/aromatic N) is 1. The Morgan fingerprint density at radius 2 is 1.42 bits per heavy atom. The van der Waals surface area contributed by atoms with E-state index in [4.69, 9.17) is 9.84 Å². The predicted molar refractivity (Wildman–Crippen MR) is 78.3 cm³/mol. The molecule has 0 bridgehead atoms. The van der Waals surface area contributed by atoms with Gasteiger partial charge in [0.2, 0.25) is 0 Å². The third kappa shape index (κ3) is 13.5. The first-order valence-electron chi connectivity index (χ1n) is 7.49. The molecule has 2 fully saturated rings. The summed E-state index contributed by atoms with van der Waals surface area (Å²) in [5, 5.41) is 7.57. The van der Waals surface area contributed by atoms with Crippen molar-refractivity contribution < 1.29 is 14.6 Å². The molecular weight excluding hydrogens is 242 g/mol. The van der Waals surface area contributed by atoms with Crippen LogP contribution < -0.4 is 0 Å². The molecule has 1 saturated carbocycles. The summed E-state index contributed by atoms with van der Waals surface area (Å²) in [5.74, 6) is 0. The summed E-state index contributed by atoms with van der Waals surface area (Å²) >= 11 is 0. The van der Waals surface area contributed by atoms with Gasteiger partial charge in [-0.2, -0.15) is 0 Å². The highest BCUT2D eigenvalue weighted by molar-refractivity contribution is 5.68. The third-order valence-electron chi connectivity index (χ3n) is 2.36. The molecule has 1 N–H and O–H groups in total. The van der Waals surface area contributed by atoms with Crippen molar-refractivity contribution in [3.05, 3.63) is 0 Å². The van der Waals surface area contributed by atoms with Gasteiger partial charge in [-0.15, -0.1) is 0 Å². The molecular formula is C15H31NO3. The molecule has 4 nitrogen and oxygen atoms in total. The highest BCUT2D eigenvalue weighted by atomic mass is 16.6. The van der Waals surface area contributed by atoms with Crippen molar-refractivity contribution in [1.82, 2.24) is 4.90 Å². The first-order valence-corrected chi connectivity index (χ1v) is 7.49. The number of hydrogen-bond acceptors (Lipinski definition) is 3. The maximum atomic E-state index is 11.5. The predicted octanol–water partition coefficient (Wildman–Crippen LogP) is 3.58. The van der Waals surface area contributed by atoms with Crippen LogP contribution in [0.5, 0.6) is 0 Å². The molecule has 0 aromatic carbocycles. The fourth-order valence-corrected chi connectivity index (χ4v) is 1.40. The van der Waals surface area contributed by atoms with E-state index in [0.717, 1.165) is 25.9 Å². The normalized spacial score (nSPS) is 17.4. The summed E-state index contributed by atoms with van der Waals surface area (Å²) in [5.41, 5.74) is -0.367.